The molecular weight excluding hydrogens is 479 g/mol. The topological polar surface area (TPSA) is 96.8 Å². The van der Waals surface area contributed by atoms with E-state index < -0.39 is 11.9 Å². The Hall–Kier alpha value is -3.13. The van der Waals surface area contributed by atoms with Crippen LogP contribution in [0.25, 0.3) is 33.4 Å². The third kappa shape index (κ3) is 5.44. The zero-order valence-corrected chi connectivity index (χ0v) is 24.0. The smallest absolute Gasteiger partial charge is 0.545 e. The number of carboxylic acid groups (broad SMARTS) is 2. The van der Waals surface area contributed by atoms with Gasteiger partial charge in [0.1, 0.15) is 24.4 Å². The number of fused-ring (bicyclic) bond motifs is 2. The van der Waals surface area contributed by atoms with Crippen molar-refractivity contribution >= 4 is 28.6 Å². The Morgan fingerprint density at radius 2 is 1.62 bits per heavy atom. The second-order valence-corrected chi connectivity index (χ2v) is 8.54. The molecule has 1 aliphatic carbocycles. The van der Waals surface area contributed by atoms with Crippen LogP contribution in [-0.2, 0) is 0 Å². The molecule has 7 nitrogen and oxygen atoms in total. The van der Waals surface area contributed by atoms with Crippen molar-refractivity contribution in [3.8, 4) is 22.5 Å². The second-order valence-electron chi connectivity index (χ2n) is 8.54. The Balaban J connectivity index is 0.00000380. The fourth-order valence-electron chi connectivity index (χ4n) is 4.79. The van der Waals surface area contributed by atoms with Crippen molar-refractivity contribution in [3.05, 3.63) is 71.1 Å². The van der Waals surface area contributed by atoms with E-state index in [-0.39, 0.29) is 40.7 Å². The third-order valence-electron chi connectivity index (χ3n) is 6.70. The van der Waals surface area contributed by atoms with Gasteiger partial charge in [0.05, 0.1) is 17.6 Å². The van der Waals surface area contributed by atoms with E-state index in [2.05, 4.69) is 37.2 Å². The largest absolute Gasteiger partial charge is 1.00 e. The van der Waals surface area contributed by atoms with E-state index in [4.69, 9.17) is 4.42 Å². The Kier molecular flexibility index (Phi) is 9.18. The number of carboxylic acids is 2. The number of aromatic carboxylic acids is 2. The predicted octanol–water partition coefficient (Wildman–Crippen LogP) is 0.929. The first-order valence-corrected chi connectivity index (χ1v) is 12.2. The quantitative estimate of drug-likeness (QED) is 0.216. The van der Waals surface area contributed by atoms with Crippen molar-refractivity contribution in [2.24, 2.45) is 0 Å². The van der Waals surface area contributed by atoms with Crippen molar-refractivity contribution in [2.45, 2.75) is 27.7 Å². The average molecular weight is 510 g/mol. The van der Waals surface area contributed by atoms with E-state index in [1.165, 1.54) is 18.2 Å². The van der Waals surface area contributed by atoms with Crippen LogP contribution in [-0.4, -0.2) is 43.2 Å². The van der Waals surface area contributed by atoms with Gasteiger partial charge >= 0.3 is 35.5 Å². The fraction of sp³-hybridized carbons (Fsp3) is 0.276. The van der Waals surface area contributed by atoms with Gasteiger partial charge < -0.3 is 24.3 Å². The van der Waals surface area contributed by atoms with Crippen LogP contribution in [0.15, 0.2) is 59.0 Å². The molecule has 0 radical (unpaired) electrons. The van der Waals surface area contributed by atoms with Crippen LogP contribution in [0.2, 0.25) is 0 Å². The molecule has 2 aliphatic rings. The van der Waals surface area contributed by atoms with Crippen LogP contribution in [0.4, 0.5) is 5.69 Å². The van der Waals surface area contributed by atoms with E-state index in [0.717, 1.165) is 37.2 Å². The van der Waals surface area contributed by atoms with Gasteiger partial charge in [0, 0.05) is 47.4 Å². The summed E-state index contributed by atoms with van der Waals surface area (Å²) in [5.41, 5.74) is 3.13. The number of nitrogens with zero attached hydrogens (tertiary/aromatic N) is 2. The normalized spacial score (nSPS) is 10.8. The minimum atomic E-state index is -1.37. The Morgan fingerprint density at radius 1 is 0.919 bits per heavy atom. The number of carbonyl (C=O) groups excluding carboxylic acids is 1. The van der Waals surface area contributed by atoms with Crippen LogP contribution in [0.5, 0.6) is 0 Å². The van der Waals surface area contributed by atoms with Gasteiger partial charge in [-0.15, -0.1) is 0 Å². The Labute approximate surface area is 238 Å². The van der Waals surface area contributed by atoms with Crippen molar-refractivity contribution in [3.63, 3.8) is 0 Å². The molecule has 186 valence electrons. The van der Waals surface area contributed by atoms with E-state index in [0.29, 0.717) is 33.4 Å². The molecule has 37 heavy (non-hydrogen) atoms. The van der Waals surface area contributed by atoms with Gasteiger partial charge in [-0.05, 0) is 69.2 Å². The van der Waals surface area contributed by atoms with E-state index in [1.54, 1.807) is 0 Å². The van der Waals surface area contributed by atoms with Gasteiger partial charge in [-0.25, -0.2) is 9.37 Å². The number of carbonyl (C=O) groups is 2. The first-order valence-electron chi connectivity index (χ1n) is 12.2. The average Bonchev–Trinajstić information content (AvgIpc) is 2.88. The Bertz CT molecular complexity index is 1500. The van der Waals surface area contributed by atoms with Gasteiger partial charge in [-0.2, -0.15) is 0 Å². The molecule has 1 N–H and O–H groups in total. The summed E-state index contributed by atoms with van der Waals surface area (Å²) >= 11 is 0. The van der Waals surface area contributed by atoms with Crippen molar-refractivity contribution < 1.29 is 53.8 Å². The summed E-state index contributed by atoms with van der Waals surface area (Å²) in [4.78, 5) is 26.1. The zero-order chi connectivity index (χ0) is 26.0. The summed E-state index contributed by atoms with van der Waals surface area (Å²) in [6.45, 7) is 11.6. The van der Waals surface area contributed by atoms with Crippen LogP contribution in [0, 0.1) is 0 Å². The number of benzene rings is 3. The summed E-state index contributed by atoms with van der Waals surface area (Å²) < 4.78 is 8.62. The standard InChI is InChI=1S/C29H30N2O5.Na/c1-5-30(6-2)19-10-13-22-25(16-19)36-26-17-20(31(7-3)8-4)11-14-23(26)27(22)24-15-18(28(32)33)9-12-21(24)29(34)35;/h9-17H,5-8H2,1-4H3,(H-,32,33,34,35);/q;+1. The van der Waals surface area contributed by atoms with Crippen molar-refractivity contribution in [1.29, 1.82) is 0 Å². The predicted molar refractivity (Wildman–Crippen MR) is 139 cm³/mol. The number of anilines is 1. The molecule has 0 saturated carbocycles. The van der Waals surface area contributed by atoms with E-state index >= 15 is 0 Å². The maximum atomic E-state index is 12.2. The number of hydrogen-bond donors (Lipinski definition) is 1. The monoisotopic (exact) mass is 509 g/mol. The summed E-state index contributed by atoms with van der Waals surface area (Å²) in [7, 11) is 0. The summed E-state index contributed by atoms with van der Waals surface area (Å²) in [5, 5.41) is 23.3. The molecule has 0 atom stereocenters. The zero-order valence-electron chi connectivity index (χ0n) is 22.0. The molecule has 0 amide bonds. The van der Waals surface area contributed by atoms with Gasteiger partial charge in [-0.3, -0.25) is 0 Å². The van der Waals surface area contributed by atoms with Crippen molar-refractivity contribution in [2.75, 3.05) is 31.1 Å². The van der Waals surface area contributed by atoms with E-state index in [9.17, 15) is 19.8 Å². The van der Waals surface area contributed by atoms with Gasteiger partial charge in [0.25, 0.3) is 0 Å². The minimum Gasteiger partial charge on any atom is -0.545 e. The SMILES string of the molecule is CCN(CC)c1ccc2c(-c3cc(C(=O)[O-])ccc3C(=O)O)c3ccc(=[N+](CC)CC)cc-3oc2c1.[Na+]. The van der Waals surface area contributed by atoms with Gasteiger partial charge in [0.15, 0.2) is 0 Å². The summed E-state index contributed by atoms with van der Waals surface area (Å²) in [5.74, 6) is -1.92. The first kappa shape index (κ1) is 28.4. The second kappa shape index (κ2) is 11.9. The van der Waals surface area contributed by atoms with Crippen LogP contribution >= 0.6 is 0 Å². The van der Waals surface area contributed by atoms with Crippen LogP contribution in [0.3, 0.4) is 0 Å². The molecule has 0 unspecified atom stereocenters. The Morgan fingerprint density at radius 3 is 2.22 bits per heavy atom. The minimum absolute atomic E-state index is 0. The number of rotatable bonds is 8. The molecule has 2 aromatic carbocycles. The molecule has 1 heterocycles. The molecule has 4 rings (SSSR count). The molecular formula is C29H30N2NaO5+. The molecule has 0 spiro atoms. The molecule has 1 aliphatic heterocycles. The number of hydrogen-bond acceptors (Lipinski definition) is 5. The van der Waals surface area contributed by atoms with Crippen LogP contribution < -0.4 is 49.5 Å². The first-order chi connectivity index (χ1) is 17.3. The maximum absolute atomic E-state index is 12.2. The van der Waals surface area contributed by atoms with Crippen molar-refractivity contribution in [1.82, 2.24) is 4.58 Å². The summed E-state index contributed by atoms with van der Waals surface area (Å²) in [6.07, 6.45) is 0. The maximum Gasteiger partial charge on any atom is 1.00 e. The molecule has 0 fully saturated rings. The van der Waals surface area contributed by atoms with Crippen LogP contribution in [0.1, 0.15) is 48.4 Å². The third-order valence-corrected chi connectivity index (χ3v) is 6.70. The van der Waals surface area contributed by atoms with Gasteiger partial charge in [-0.1, -0.05) is 6.07 Å². The molecule has 0 bridgehead atoms. The summed E-state index contributed by atoms with van der Waals surface area (Å²) in [6, 6.07) is 15.7. The van der Waals surface area contributed by atoms with E-state index in [1.807, 2.05) is 36.4 Å². The molecule has 2 aromatic rings. The molecule has 8 heteroatoms. The molecule has 0 saturated heterocycles. The molecule has 0 aromatic heterocycles. The fourth-order valence-corrected chi connectivity index (χ4v) is 4.79. The van der Waals surface area contributed by atoms with Gasteiger partial charge in [0.2, 0.25) is 5.36 Å².